The van der Waals surface area contributed by atoms with Crippen LogP contribution < -0.4 is 4.74 Å². The molecule has 0 saturated carbocycles. The fourth-order valence-corrected chi connectivity index (χ4v) is 2.85. The van der Waals surface area contributed by atoms with Crippen LogP contribution in [0.4, 0.5) is 0 Å². The highest BCUT2D eigenvalue weighted by Gasteiger charge is 2.25. The van der Waals surface area contributed by atoms with Gasteiger partial charge in [-0.15, -0.1) is 0 Å². The number of carbonyl (C=O) groups excluding carboxylic acids is 2. The zero-order valence-corrected chi connectivity index (χ0v) is 13.7. The highest BCUT2D eigenvalue weighted by molar-refractivity contribution is 5.94. The van der Waals surface area contributed by atoms with Crippen LogP contribution in [0.3, 0.4) is 0 Å². The summed E-state index contributed by atoms with van der Waals surface area (Å²) in [5.41, 5.74) is 1.59. The van der Waals surface area contributed by atoms with Gasteiger partial charge >= 0.3 is 0 Å². The number of aromatic nitrogens is 1. The molecule has 0 bridgehead atoms. The van der Waals surface area contributed by atoms with Crippen molar-refractivity contribution in [1.29, 1.82) is 0 Å². The van der Waals surface area contributed by atoms with E-state index in [0.717, 1.165) is 5.56 Å². The first kappa shape index (κ1) is 16.1. The van der Waals surface area contributed by atoms with Crippen molar-refractivity contribution in [2.75, 3.05) is 33.3 Å². The lowest BCUT2D eigenvalue weighted by molar-refractivity contribution is -0.131. The molecule has 1 aromatic heterocycles. The normalized spacial score (nSPS) is 14.5. The molecule has 2 amide bonds. The molecule has 1 aliphatic rings. The number of carbonyl (C=O) groups is 2. The zero-order valence-electron chi connectivity index (χ0n) is 13.7. The first-order chi connectivity index (χ1) is 11.7. The topological polar surface area (TPSA) is 65.6 Å². The molecule has 0 radical (unpaired) electrons. The summed E-state index contributed by atoms with van der Waals surface area (Å²) < 4.78 is 5.16. The zero-order chi connectivity index (χ0) is 16.9. The third kappa shape index (κ3) is 3.59. The lowest BCUT2D eigenvalue weighted by atomic mass is 10.1. The smallest absolute Gasteiger partial charge is 0.254 e. The number of hydrogen-bond donors (Lipinski definition) is 1. The highest BCUT2D eigenvalue weighted by Crippen LogP contribution is 2.16. The SMILES string of the molecule is COc1cccc(C(=O)N2CCN(C(=O)Cc3cc[nH]c3)CC2)c1. The molecule has 1 N–H and O–H groups in total. The number of amides is 2. The van der Waals surface area contributed by atoms with E-state index in [4.69, 9.17) is 4.74 Å². The van der Waals surface area contributed by atoms with E-state index in [-0.39, 0.29) is 11.8 Å². The second-order valence-corrected chi connectivity index (χ2v) is 5.80. The molecule has 3 rings (SSSR count). The number of piperazine rings is 1. The van der Waals surface area contributed by atoms with Crippen LogP contribution in [0.2, 0.25) is 0 Å². The third-order valence-corrected chi connectivity index (χ3v) is 4.25. The lowest BCUT2D eigenvalue weighted by Crippen LogP contribution is -2.51. The van der Waals surface area contributed by atoms with Crippen LogP contribution in [0.1, 0.15) is 15.9 Å². The lowest BCUT2D eigenvalue weighted by Gasteiger charge is -2.35. The van der Waals surface area contributed by atoms with Crippen molar-refractivity contribution >= 4 is 11.8 Å². The van der Waals surface area contributed by atoms with Crippen LogP contribution in [0.25, 0.3) is 0 Å². The summed E-state index contributed by atoms with van der Waals surface area (Å²) in [6.45, 7) is 2.24. The molecule has 1 fully saturated rings. The standard InChI is InChI=1S/C18H21N3O3/c1-24-16-4-2-3-15(12-16)18(23)21-9-7-20(8-10-21)17(22)11-14-5-6-19-13-14/h2-6,12-13,19H,7-11H2,1H3. The number of aromatic amines is 1. The minimum atomic E-state index is -0.0216. The molecule has 1 aliphatic heterocycles. The summed E-state index contributed by atoms with van der Waals surface area (Å²) in [6.07, 6.45) is 4.04. The monoisotopic (exact) mass is 327 g/mol. The van der Waals surface area contributed by atoms with Crippen molar-refractivity contribution in [3.8, 4) is 5.75 Å². The van der Waals surface area contributed by atoms with Crippen LogP contribution >= 0.6 is 0 Å². The Morgan fingerprint density at radius 2 is 1.88 bits per heavy atom. The van der Waals surface area contributed by atoms with Gasteiger partial charge in [0, 0.05) is 44.1 Å². The minimum Gasteiger partial charge on any atom is -0.497 e. The third-order valence-electron chi connectivity index (χ3n) is 4.25. The van der Waals surface area contributed by atoms with Crippen molar-refractivity contribution < 1.29 is 14.3 Å². The molecule has 0 unspecified atom stereocenters. The van der Waals surface area contributed by atoms with Gasteiger partial charge in [-0.25, -0.2) is 0 Å². The van der Waals surface area contributed by atoms with Crippen LogP contribution in [0, 0.1) is 0 Å². The van der Waals surface area contributed by atoms with Gasteiger partial charge in [-0.3, -0.25) is 9.59 Å². The minimum absolute atomic E-state index is 0.0216. The van der Waals surface area contributed by atoms with Crippen molar-refractivity contribution in [2.24, 2.45) is 0 Å². The van der Waals surface area contributed by atoms with Crippen molar-refractivity contribution in [1.82, 2.24) is 14.8 Å². The number of nitrogens with zero attached hydrogens (tertiary/aromatic N) is 2. The van der Waals surface area contributed by atoms with Gasteiger partial charge in [0.2, 0.25) is 5.91 Å². The fourth-order valence-electron chi connectivity index (χ4n) is 2.85. The number of hydrogen-bond acceptors (Lipinski definition) is 3. The van der Waals surface area contributed by atoms with Gasteiger partial charge in [-0.2, -0.15) is 0 Å². The van der Waals surface area contributed by atoms with Crippen molar-refractivity contribution in [2.45, 2.75) is 6.42 Å². The average Bonchev–Trinajstić information content (AvgIpc) is 3.14. The van der Waals surface area contributed by atoms with Gasteiger partial charge in [0.25, 0.3) is 5.91 Å². The quantitative estimate of drug-likeness (QED) is 0.926. The maximum Gasteiger partial charge on any atom is 0.254 e. The predicted octanol–water partition coefficient (Wildman–Crippen LogP) is 1.55. The summed E-state index contributed by atoms with van der Waals surface area (Å²) in [6, 6.07) is 9.05. The van der Waals surface area contributed by atoms with E-state index in [1.54, 1.807) is 24.1 Å². The van der Waals surface area contributed by atoms with Crippen LogP contribution in [-0.2, 0) is 11.2 Å². The number of H-pyrrole nitrogens is 1. The van der Waals surface area contributed by atoms with Gasteiger partial charge in [0.05, 0.1) is 13.5 Å². The van der Waals surface area contributed by atoms with Crippen molar-refractivity contribution in [3.05, 3.63) is 53.9 Å². The van der Waals surface area contributed by atoms with Gasteiger partial charge in [0.1, 0.15) is 5.75 Å². The summed E-state index contributed by atoms with van der Waals surface area (Å²) in [5, 5.41) is 0. The van der Waals surface area contributed by atoms with E-state index in [1.807, 2.05) is 35.5 Å². The molecule has 24 heavy (non-hydrogen) atoms. The number of ether oxygens (including phenoxy) is 1. The highest BCUT2D eigenvalue weighted by atomic mass is 16.5. The summed E-state index contributed by atoms with van der Waals surface area (Å²) in [5.74, 6) is 0.746. The van der Waals surface area contributed by atoms with Crippen molar-refractivity contribution in [3.63, 3.8) is 0 Å². The molecular formula is C18H21N3O3. The maximum absolute atomic E-state index is 12.6. The summed E-state index contributed by atoms with van der Waals surface area (Å²) in [4.78, 5) is 31.4. The molecule has 1 saturated heterocycles. The van der Waals surface area contributed by atoms with Gasteiger partial charge < -0.3 is 19.5 Å². The fraction of sp³-hybridized carbons (Fsp3) is 0.333. The van der Waals surface area contributed by atoms with Gasteiger partial charge in [-0.05, 0) is 29.8 Å². The Labute approximate surface area is 141 Å². The first-order valence-corrected chi connectivity index (χ1v) is 8.00. The molecule has 1 aromatic carbocycles. The largest absolute Gasteiger partial charge is 0.497 e. The van der Waals surface area contributed by atoms with E-state index < -0.39 is 0 Å². The van der Waals surface area contributed by atoms with Crippen LogP contribution in [0.15, 0.2) is 42.7 Å². The molecule has 0 aliphatic carbocycles. The summed E-state index contributed by atoms with van der Waals surface area (Å²) in [7, 11) is 1.58. The first-order valence-electron chi connectivity index (χ1n) is 8.00. The molecule has 6 heteroatoms. The molecular weight excluding hydrogens is 306 g/mol. The van der Waals surface area contributed by atoms with E-state index in [0.29, 0.717) is 43.9 Å². The Bertz CT molecular complexity index is 704. The molecule has 0 atom stereocenters. The molecule has 126 valence electrons. The average molecular weight is 327 g/mol. The molecule has 6 nitrogen and oxygen atoms in total. The Morgan fingerprint density at radius 1 is 1.12 bits per heavy atom. The maximum atomic E-state index is 12.6. The van der Waals surface area contributed by atoms with E-state index >= 15 is 0 Å². The molecule has 2 aromatic rings. The second-order valence-electron chi connectivity index (χ2n) is 5.80. The van der Waals surface area contributed by atoms with E-state index in [2.05, 4.69) is 4.98 Å². The Hall–Kier alpha value is -2.76. The van der Waals surface area contributed by atoms with Crippen LogP contribution in [0.5, 0.6) is 5.75 Å². The van der Waals surface area contributed by atoms with E-state index in [9.17, 15) is 9.59 Å². The predicted molar refractivity (Wildman–Crippen MR) is 90.0 cm³/mol. The van der Waals surface area contributed by atoms with Gasteiger partial charge in [-0.1, -0.05) is 6.07 Å². The van der Waals surface area contributed by atoms with Crippen LogP contribution in [-0.4, -0.2) is 59.9 Å². The van der Waals surface area contributed by atoms with Gasteiger partial charge in [0.15, 0.2) is 0 Å². The molecule has 0 spiro atoms. The number of benzene rings is 1. The Morgan fingerprint density at radius 3 is 2.54 bits per heavy atom. The Kier molecular flexibility index (Phi) is 4.84. The second kappa shape index (κ2) is 7.21. The van der Waals surface area contributed by atoms with E-state index in [1.165, 1.54) is 0 Å². The number of methoxy groups -OCH3 is 1. The summed E-state index contributed by atoms with van der Waals surface area (Å²) >= 11 is 0. The Balaban J connectivity index is 1.56. The molecule has 2 heterocycles. The number of nitrogens with one attached hydrogen (secondary N) is 1. The number of rotatable bonds is 4.